The molecule has 0 bridgehead atoms. The summed E-state index contributed by atoms with van der Waals surface area (Å²) in [5.74, 6) is -0.324. The number of carbonyl (C=O) groups is 1. The van der Waals surface area contributed by atoms with E-state index in [1.54, 1.807) is 13.8 Å². The topological polar surface area (TPSA) is 58.8 Å². The maximum atomic E-state index is 11.8. The first kappa shape index (κ1) is 15.8. The van der Waals surface area contributed by atoms with E-state index in [4.69, 9.17) is 10.5 Å². The first-order valence-corrected chi connectivity index (χ1v) is 7.51. The van der Waals surface area contributed by atoms with E-state index in [2.05, 4.69) is 34.1 Å². The van der Waals surface area contributed by atoms with Crippen LogP contribution >= 0.6 is 0 Å². The predicted molar refractivity (Wildman–Crippen MR) is 84.3 cm³/mol. The number of piperazine rings is 1. The van der Waals surface area contributed by atoms with Gasteiger partial charge in [0.2, 0.25) is 0 Å². The van der Waals surface area contributed by atoms with Crippen molar-refractivity contribution in [2.75, 3.05) is 44.2 Å². The van der Waals surface area contributed by atoms with Crippen LogP contribution in [0.5, 0.6) is 0 Å². The molecule has 5 nitrogen and oxygen atoms in total. The average molecular weight is 291 g/mol. The average Bonchev–Trinajstić information content (AvgIpc) is 2.49. The standard InChI is InChI=1S/C16H25N3O2/c1-3-21-15(20)16(2,17)13-18-9-11-19(12-10-18)14-7-5-4-6-8-14/h4-8H,3,9-13,17H2,1-2H3. The molecule has 0 radical (unpaired) electrons. The second-order valence-electron chi connectivity index (χ2n) is 5.74. The molecule has 2 rings (SSSR count). The van der Waals surface area contributed by atoms with Crippen molar-refractivity contribution in [2.45, 2.75) is 19.4 Å². The Kier molecular flexibility index (Phi) is 5.20. The smallest absolute Gasteiger partial charge is 0.327 e. The van der Waals surface area contributed by atoms with E-state index in [1.807, 2.05) is 6.07 Å². The highest BCUT2D eigenvalue weighted by Gasteiger charge is 2.33. The number of para-hydroxylation sites is 1. The van der Waals surface area contributed by atoms with Crippen LogP contribution in [0.25, 0.3) is 0 Å². The molecule has 0 saturated carbocycles. The first-order valence-electron chi connectivity index (χ1n) is 7.51. The molecule has 5 heteroatoms. The van der Waals surface area contributed by atoms with E-state index >= 15 is 0 Å². The Labute approximate surface area is 126 Å². The van der Waals surface area contributed by atoms with Crippen LogP contribution in [0.2, 0.25) is 0 Å². The van der Waals surface area contributed by atoms with E-state index in [0.29, 0.717) is 13.2 Å². The van der Waals surface area contributed by atoms with E-state index in [1.165, 1.54) is 5.69 Å². The third kappa shape index (κ3) is 4.19. The van der Waals surface area contributed by atoms with E-state index in [9.17, 15) is 4.79 Å². The van der Waals surface area contributed by atoms with Crippen molar-refractivity contribution in [2.24, 2.45) is 5.73 Å². The highest BCUT2D eigenvalue weighted by Crippen LogP contribution is 2.16. The summed E-state index contributed by atoms with van der Waals surface area (Å²) in [5.41, 5.74) is 6.40. The predicted octanol–water partition coefficient (Wildman–Crippen LogP) is 1.09. The van der Waals surface area contributed by atoms with Gasteiger partial charge in [0, 0.05) is 38.4 Å². The highest BCUT2D eigenvalue weighted by atomic mass is 16.5. The zero-order valence-electron chi connectivity index (χ0n) is 12.9. The van der Waals surface area contributed by atoms with Crippen molar-refractivity contribution in [3.8, 4) is 0 Å². The fraction of sp³-hybridized carbons (Fsp3) is 0.562. The number of nitrogens with two attached hydrogens (primary N) is 1. The summed E-state index contributed by atoms with van der Waals surface area (Å²) in [4.78, 5) is 16.4. The normalized spacial score (nSPS) is 19.1. The van der Waals surface area contributed by atoms with Crippen LogP contribution in [-0.2, 0) is 9.53 Å². The molecule has 116 valence electrons. The maximum Gasteiger partial charge on any atom is 0.327 e. The molecule has 2 N–H and O–H groups in total. The van der Waals surface area contributed by atoms with Gasteiger partial charge in [0.1, 0.15) is 5.54 Å². The van der Waals surface area contributed by atoms with Crippen molar-refractivity contribution < 1.29 is 9.53 Å². The van der Waals surface area contributed by atoms with Gasteiger partial charge >= 0.3 is 5.97 Å². The fourth-order valence-electron chi connectivity index (χ4n) is 2.63. The number of anilines is 1. The fourth-order valence-corrected chi connectivity index (χ4v) is 2.63. The van der Waals surface area contributed by atoms with Gasteiger partial charge < -0.3 is 15.4 Å². The quantitative estimate of drug-likeness (QED) is 0.823. The Bertz CT molecular complexity index is 454. The molecule has 1 aliphatic rings. The summed E-state index contributed by atoms with van der Waals surface area (Å²) < 4.78 is 5.04. The molecule has 1 aromatic carbocycles. The molecule has 0 spiro atoms. The molecule has 21 heavy (non-hydrogen) atoms. The van der Waals surface area contributed by atoms with Gasteiger partial charge in [0.15, 0.2) is 0 Å². The summed E-state index contributed by atoms with van der Waals surface area (Å²) in [6, 6.07) is 10.4. The third-order valence-corrected chi connectivity index (χ3v) is 3.79. The van der Waals surface area contributed by atoms with Gasteiger partial charge in [-0.1, -0.05) is 18.2 Å². The zero-order valence-corrected chi connectivity index (χ0v) is 12.9. The number of hydrogen-bond donors (Lipinski definition) is 1. The van der Waals surface area contributed by atoms with Crippen LogP contribution in [-0.4, -0.2) is 55.7 Å². The summed E-state index contributed by atoms with van der Waals surface area (Å²) in [6.07, 6.45) is 0. The van der Waals surface area contributed by atoms with Crippen molar-refractivity contribution in [3.05, 3.63) is 30.3 Å². The van der Waals surface area contributed by atoms with Gasteiger partial charge in [-0.2, -0.15) is 0 Å². The summed E-state index contributed by atoms with van der Waals surface area (Å²) in [7, 11) is 0. The number of nitrogens with zero attached hydrogens (tertiary/aromatic N) is 2. The minimum atomic E-state index is -0.940. The van der Waals surface area contributed by atoms with Crippen molar-refractivity contribution in [3.63, 3.8) is 0 Å². The van der Waals surface area contributed by atoms with Gasteiger partial charge in [-0.15, -0.1) is 0 Å². The number of esters is 1. The Morgan fingerprint density at radius 1 is 1.24 bits per heavy atom. The van der Waals surface area contributed by atoms with Crippen molar-refractivity contribution in [1.82, 2.24) is 4.90 Å². The van der Waals surface area contributed by atoms with Gasteiger partial charge in [-0.3, -0.25) is 9.69 Å². The van der Waals surface area contributed by atoms with Gasteiger partial charge in [0.05, 0.1) is 6.61 Å². The Balaban J connectivity index is 1.85. The molecule has 1 aromatic rings. The van der Waals surface area contributed by atoms with Gasteiger partial charge in [-0.05, 0) is 26.0 Å². The molecular formula is C16H25N3O2. The summed E-state index contributed by atoms with van der Waals surface area (Å²) in [5, 5.41) is 0. The highest BCUT2D eigenvalue weighted by molar-refractivity contribution is 5.80. The molecule has 1 unspecified atom stereocenters. The number of rotatable bonds is 5. The first-order chi connectivity index (χ1) is 10.0. The molecule has 0 aliphatic carbocycles. The van der Waals surface area contributed by atoms with Crippen LogP contribution in [0.15, 0.2) is 30.3 Å². The second-order valence-corrected chi connectivity index (χ2v) is 5.74. The molecule has 1 fully saturated rings. The maximum absolute atomic E-state index is 11.8. The molecule has 1 saturated heterocycles. The molecule has 1 heterocycles. The molecule has 1 atom stereocenters. The number of benzene rings is 1. The Hall–Kier alpha value is -1.59. The Morgan fingerprint density at radius 2 is 1.86 bits per heavy atom. The summed E-state index contributed by atoms with van der Waals surface area (Å²) >= 11 is 0. The number of ether oxygens (including phenoxy) is 1. The van der Waals surface area contributed by atoms with Crippen LogP contribution in [0.4, 0.5) is 5.69 Å². The van der Waals surface area contributed by atoms with Crippen molar-refractivity contribution in [1.29, 1.82) is 0 Å². The lowest BCUT2D eigenvalue weighted by molar-refractivity contribution is -0.149. The van der Waals surface area contributed by atoms with Crippen LogP contribution in [0.1, 0.15) is 13.8 Å². The van der Waals surface area contributed by atoms with Gasteiger partial charge in [0.25, 0.3) is 0 Å². The summed E-state index contributed by atoms with van der Waals surface area (Å²) in [6.45, 7) is 8.15. The molecular weight excluding hydrogens is 266 g/mol. The van der Waals surface area contributed by atoms with Gasteiger partial charge in [-0.25, -0.2) is 0 Å². The van der Waals surface area contributed by atoms with Crippen LogP contribution in [0, 0.1) is 0 Å². The SMILES string of the molecule is CCOC(=O)C(C)(N)CN1CCN(c2ccccc2)CC1. The third-order valence-electron chi connectivity index (χ3n) is 3.79. The van der Waals surface area contributed by atoms with E-state index in [0.717, 1.165) is 26.2 Å². The van der Waals surface area contributed by atoms with E-state index in [-0.39, 0.29) is 5.97 Å². The zero-order chi connectivity index (χ0) is 15.3. The lowest BCUT2D eigenvalue weighted by atomic mass is 10.0. The minimum absolute atomic E-state index is 0.324. The number of hydrogen-bond acceptors (Lipinski definition) is 5. The van der Waals surface area contributed by atoms with Crippen LogP contribution in [0.3, 0.4) is 0 Å². The molecule has 1 aliphatic heterocycles. The molecule has 0 amide bonds. The monoisotopic (exact) mass is 291 g/mol. The lowest BCUT2D eigenvalue weighted by Crippen LogP contribution is -2.58. The van der Waals surface area contributed by atoms with E-state index < -0.39 is 5.54 Å². The number of carbonyl (C=O) groups excluding carboxylic acids is 1. The van der Waals surface area contributed by atoms with Crippen LogP contribution < -0.4 is 10.6 Å². The minimum Gasteiger partial charge on any atom is -0.465 e. The molecule has 0 aromatic heterocycles. The van der Waals surface area contributed by atoms with Crippen molar-refractivity contribution >= 4 is 11.7 Å². The lowest BCUT2D eigenvalue weighted by Gasteiger charge is -2.38. The largest absolute Gasteiger partial charge is 0.465 e. The Morgan fingerprint density at radius 3 is 2.43 bits per heavy atom. The second kappa shape index (κ2) is 6.91.